The summed E-state index contributed by atoms with van der Waals surface area (Å²) in [6, 6.07) is 14.7. The Hall–Kier alpha value is -2.95. The summed E-state index contributed by atoms with van der Waals surface area (Å²) in [6.07, 6.45) is 1.55. The van der Waals surface area contributed by atoms with Crippen LogP contribution in [0.1, 0.15) is 49.2 Å². The van der Waals surface area contributed by atoms with Crippen molar-refractivity contribution in [2.75, 3.05) is 5.32 Å². The number of anilines is 1. The Morgan fingerprint density at radius 1 is 0.960 bits per heavy atom. The van der Waals surface area contributed by atoms with E-state index in [0.29, 0.717) is 11.3 Å². The molecule has 0 aliphatic rings. The second kappa shape index (κ2) is 7.75. The van der Waals surface area contributed by atoms with Crippen LogP contribution >= 0.6 is 0 Å². The molecule has 25 heavy (non-hydrogen) atoms. The second-order valence-corrected chi connectivity index (χ2v) is 6.83. The summed E-state index contributed by atoms with van der Waals surface area (Å²) in [7, 11) is 0. The van der Waals surface area contributed by atoms with E-state index in [1.165, 1.54) is 12.5 Å². The molecule has 130 valence electrons. The summed E-state index contributed by atoms with van der Waals surface area (Å²) >= 11 is 0. The fourth-order valence-corrected chi connectivity index (χ4v) is 2.21. The van der Waals surface area contributed by atoms with Gasteiger partial charge in [0, 0.05) is 18.2 Å². The zero-order valence-electron chi connectivity index (χ0n) is 15.0. The van der Waals surface area contributed by atoms with Crippen molar-refractivity contribution in [1.29, 1.82) is 0 Å². The van der Waals surface area contributed by atoms with Crippen LogP contribution in [-0.4, -0.2) is 18.0 Å². The van der Waals surface area contributed by atoms with E-state index in [0.717, 1.165) is 5.56 Å². The van der Waals surface area contributed by atoms with Crippen LogP contribution in [0.4, 0.5) is 5.69 Å². The summed E-state index contributed by atoms with van der Waals surface area (Å²) in [5.41, 5.74) is 5.83. The zero-order valence-corrected chi connectivity index (χ0v) is 15.0. The minimum atomic E-state index is -0.258. The molecule has 0 spiro atoms. The minimum absolute atomic E-state index is 0.0522. The average molecular weight is 337 g/mol. The van der Waals surface area contributed by atoms with Crippen LogP contribution in [0.3, 0.4) is 0 Å². The monoisotopic (exact) mass is 337 g/mol. The van der Waals surface area contributed by atoms with Crippen molar-refractivity contribution in [2.24, 2.45) is 5.10 Å². The van der Waals surface area contributed by atoms with E-state index in [2.05, 4.69) is 36.6 Å². The Kier molecular flexibility index (Phi) is 5.70. The summed E-state index contributed by atoms with van der Waals surface area (Å²) in [5, 5.41) is 6.66. The molecule has 0 radical (unpaired) electrons. The molecule has 0 bridgehead atoms. The average Bonchev–Trinajstić information content (AvgIpc) is 2.55. The van der Waals surface area contributed by atoms with Crippen molar-refractivity contribution in [2.45, 2.75) is 33.1 Å². The molecule has 2 aromatic rings. The van der Waals surface area contributed by atoms with Gasteiger partial charge in [-0.1, -0.05) is 45.0 Å². The molecule has 0 aliphatic carbocycles. The van der Waals surface area contributed by atoms with Crippen LogP contribution < -0.4 is 10.7 Å². The van der Waals surface area contributed by atoms with E-state index < -0.39 is 0 Å². The Balaban J connectivity index is 1.95. The molecule has 0 aliphatic heterocycles. The number of hydrazone groups is 1. The molecule has 2 N–H and O–H groups in total. The first-order chi connectivity index (χ1) is 11.8. The van der Waals surface area contributed by atoms with Gasteiger partial charge in [0.15, 0.2) is 0 Å². The SMILES string of the molecule is CC(=O)Nc1ccc(/C=N\NC(=O)c2ccc(C(C)(C)C)cc2)cc1. The third-order valence-electron chi connectivity index (χ3n) is 3.62. The quantitative estimate of drug-likeness (QED) is 0.659. The van der Waals surface area contributed by atoms with Gasteiger partial charge < -0.3 is 5.32 Å². The topological polar surface area (TPSA) is 70.6 Å². The van der Waals surface area contributed by atoms with Gasteiger partial charge in [-0.2, -0.15) is 5.10 Å². The van der Waals surface area contributed by atoms with Crippen LogP contribution in [0.25, 0.3) is 0 Å². The Morgan fingerprint density at radius 3 is 2.08 bits per heavy atom. The fraction of sp³-hybridized carbons (Fsp3) is 0.250. The van der Waals surface area contributed by atoms with E-state index >= 15 is 0 Å². The number of nitrogens with zero attached hydrogens (tertiary/aromatic N) is 1. The van der Waals surface area contributed by atoms with Crippen molar-refractivity contribution in [3.8, 4) is 0 Å². The molecule has 5 nitrogen and oxygen atoms in total. The number of carbonyl (C=O) groups excluding carboxylic acids is 2. The highest BCUT2D eigenvalue weighted by atomic mass is 16.2. The van der Waals surface area contributed by atoms with Gasteiger partial charge in [-0.3, -0.25) is 9.59 Å². The number of hydrogen-bond donors (Lipinski definition) is 2. The normalized spacial score (nSPS) is 11.4. The van der Waals surface area contributed by atoms with E-state index in [1.807, 2.05) is 12.1 Å². The summed E-state index contributed by atoms with van der Waals surface area (Å²) in [5.74, 6) is -0.377. The molecule has 0 atom stereocenters. The molecular weight excluding hydrogens is 314 g/mol. The lowest BCUT2D eigenvalue weighted by molar-refractivity contribution is -0.114. The van der Waals surface area contributed by atoms with Crippen molar-refractivity contribution >= 4 is 23.7 Å². The van der Waals surface area contributed by atoms with E-state index in [4.69, 9.17) is 0 Å². The lowest BCUT2D eigenvalue weighted by atomic mass is 9.87. The summed E-state index contributed by atoms with van der Waals surface area (Å²) in [6.45, 7) is 7.84. The van der Waals surface area contributed by atoms with E-state index in [-0.39, 0.29) is 17.2 Å². The van der Waals surface area contributed by atoms with Gasteiger partial charge in [-0.15, -0.1) is 0 Å². The van der Waals surface area contributed by atoms with Gasteiger partial charge in [0.05, 0.1) is 6.21 Å². The van der Waals surface area contributed by atoms with Gasteiger partial charge in [-0.25, -0.2) is 5.43 Å². The maximum absolute atomic E-state index is 12.1. The molecule has 5 heteroatoms. The summed E-state index contributed by atoms with van der Waals surface area (Å²) < 4.78 is 0. The second-order valence-electron chi connectivity index (χ2n) is 6.83. The third-order valence-corrected chi connectivity index (χ3v) is 3.62. The third kappa shape index (κ3) is 5.57. The largest absolute Gasteiger partial charge is 0.326 e. The van der Waals surface area contributed by atoms with Crippen molar-refractivity contribution < 1.29 is 9.59 Å². The first-order valence-corrected chi connectivity index (χ1v) is 8.07. The zero-order chi connectivity index (χ0) is 18.4. The van der Waals surface area contributed by atoms with Crippen LogP contribution in [0, 0.1) is 0 Å². The Bertz CT molecular complexity index is 770. The maximum atomic E-state index is 12.1. The lowest BCUT2D eigenvalue weighted by Gasteiger charge is -2.18. The number of nitrogens with one attached hydrogen (secondary N) is 2. The Morgan fingerprint density at radius 2 is 1.56 bits per heavy atom. The molecule has 0 saturated heterocycles. The highest BCUT2D eigenvalue weighted by Crippen LogP contribution is 2.22. The van der Waals surface area contributed by atoms with Crippen molar-refractivity contribution in [3.05, 3.63) is 65.2 Å². The standard InChI is InChI=1S/C20H23N3O2/c1-14(24)22-18-11-5-15(6-12-18)13-21-23-19(25)16-7-9-17(10-8-16)20(2,3)4/h5-13H,1-4H3,(H,22,24)(H,23,25)/b21-13-. The summed E-state index contributed by atoms with van der Waals surface area (Å²) in [4.78, 5) is 23.1. The van der Waals surface area contributed by atoms with Crippen molar-refractivity contribution in [1.82, 2.24) is 5.43 Å². The van der Waals surface area contributed by atoms with Crippen LogP contribution in [-0.2, 0) is 10.2 Å². The number of carbonyl (C=O) groups is 2. The van der Waals surface area contributed by atoms with Crippen LogP contribution in [0.5, 0.6) is 0 Å². The van der Waals surface area contributed by atoms with E-state index in [9.17, 15) is 9.59 Å². The van der Waals surface area contributed by atoms with Crippen LogP contribution in [0.2, 0.25) is 0 Å². The first-order valence-electron chi connectivity index (χ1n) is 8.07. The van der Waals surface area contributed by atoms with Crippen LogP contribution in [0.15, 0.2) is 53.6 Å². The molecule has 2 amide bonds. The molecule has 0 fully saturated rings. The number of hydrogen-bond acceptors (Lipinski definition) is 3. The smallest absolute Gasteiger partial charge is 0.271 e. The van der Waals surface area contributed by atoms with Gasteiger partial charge in [0.25, 0.3) is 5.91 Å². The lowest BCUT2D eigenvalue weighted by Crippen LogP contribution is -2.18. The number of benzene rings is 2. The van der Waals surface area contributed by atoms with E-state index in [1.54, 1.807) is 42.6 Å². The van der Waals surface area contributed by atoms with Gasteiger partial charge >= 0.3 is 0 Å². The van der Waals surface area contributed by atoms with Gasteiger partial charge in [0.2, 0.25) is 5.91 Å². The highest BCUT2D eigenvalue weighted by Gasteiger charge is 2.14. The number of amides is 2. The molecule has 2 rings (SSSR count). The molecule has 2 aromatic carbocycles. The fourth-order valence-electron chi connectivity index (χ4n) is 2.21. The number of rotatable bonds is 4. The Labute approximate surface area is 148 Å². The predicted molar refractivity (Wildman–Crippen MR) is 101 cm³/mol. The minimum Gasteiger partial charge on any atom is -0.326 e. The molecule has 0 unspecified atom stereocenters. The molecule has 0 saturated carbocycles. The predicted octanol–water partition coefficient (Wildman–Crippen LogP) is 3.71. The molecule has 0 heterocycles. The van der Waals surface area contributed by atoms with Crippen molar-refractivity contribution in [3.63, 3.8) is 0 Å². The first kappa shape index (κ1) is 18.4. The van der Waals surface area contributed by atoms with Gasteiger partial charge in [-0.05, 0) is 40.8 Å². The maximum Gasteiger partial charge on any atom is 0.271 e. The van der Waals surface area contributed by atoms with Gasteiger partial charge in [0.1, 0.15) is 0 Å². The molecule has 0 aromatic heterocycles. The molecular formula is C20H23N3O2. The highest BCUT2D eigenvalue weighted by molar-refractivity contribution is 5.95.